The lowest BCUT2D eigenvalue weighted by atomic mass is 9.98. The SMILES string of the molecule is O=C(Cc1cc(=O)c2cc(-c3ccccc3)cc(C(F)(F)F)c2[nH]1)Cc1cccs1. The predicted molar refractivity (Wildman–Crippen MR) is 112 cm³/mol. The molecule has 0 radical (unpaired) electrons. The number of fused-ring (bicyclic) bond motifs is 1. The van der Waals surface area contributed by atoms with E-state index in [2.05, 4.69) is 4.98 Å². The average molecular weight is 427 g/mol. The zero-order valence-corrected chi connectivity index (χ0v) is 16.4. The summed E-state index contributed by atoms with van der Waals surface area (Å²) in [6.07, 6.45) is -4.62. The van der Waals surface area contributed by atoms with Crippen molar-refractivity contribution in [1.82, 2.24) is 4.98 Å². The van der Waals surface area contributed by atoms with E-state index in [-0.39, 0.29) is 35.2 Å². The third kappa shape index (κ3) is 4.21. The maximum absolute atomic E-state index is 13.8. The van der Waals surface area contributed by atoms with Gasteiger partial charge in [0.2, 0.25) is 0 Å². The lowest BCUT2D eigenvalue weighted by molar-refractivity contribution is -0.136. The van der Waals surface area contributed by atoms with Gasteiger partial charge < -0.3 is 4.98 Å². The van der Waals surface area contributed by atoms with E-state index in [9.17, 15) is 22.8 Å². The van der Waals surface area contributed by atoms with Crippen LogP contribution in [0.5, 0.6) is 0 Å². The van der Waals surface area contributed by atoms with Gasteiger partial charge in [0.15, 0.2) is 5.43 Å². The Morgan fingerprint density at radius 2 is 1.70 bits per heavy atom. The number of Topliss-reactive ketones (excluding diaryl/α,β-unsaturated/α-hetero) is 1. The minimum Gasteiger partial charge on any atom is -0.357 e. The molecule has 30 heavy (non-hydrogen) atoms. The minimum atomic E-state index is -4.66. The molecule has 0 amide bonds. The molecule has 2 heterocycles. The molecule has 0 unspecified atom stereocenters. The van der Waals surface area contributed by atoms with Crippen molar-refractivity contribution < 1.29 is 18.0 Å². The van der Waals surface area contributed by atoms with Crippen LogP contribution in [0.1, 0.15) is 16.1 Å². The summed E-state index contributed by atoms with van der Waals surface area (Å²) in [5.41, 5.74) is -0.711. The van der Waals surface area contributed by atoms with Crippen LogP contribution in [-0.4, -0.2) is 10.8 Å². The van der Waals surface area contributed by atoms with Crippen molar-refractivity contribution in [3.05, 3.63) is 92.4 Å². The largest absolute Gasteiger partial charge is 0.418 e. The summed E-state index contributed by atoms with van der Waals surface area (Å²) in [6, 6.07) is 15.9. The molecule has 0 atom stereocenters. The van der Waals surface area contributed by atoms with Gasteiger partial charge in [-0.3, -0.25) is 9.59 Å². The van der Waals surface area contributed by atoms with Gasteiger partial charge in [-0.1, -0.05) is 36.4 Å². The van der Waals surface area contributed by atoms with Crippen LogP contribution >= 0.6 is 11.3 Å². The van der Waals surface area contributed by atoms with E-state index in [1.54, 1.807) is 30.3 Å². The van der Waals surface area contributed by atoms with Crippen molar-refractivity contribution in [2.24, 2.45) is 0 Å². The molecule has 152 valence electrons. The quantitative estimate of drug-likeness (QED) is 0.449. The fourth-order valence-corrected chi connectivity index (χ4v) is 4.14. The second-order valence-electron chi connectivity index (χ2n) is 6.94. The summed E-state index contributed by atoms with van der Waals surface area (Å²) in [5, 5.41) is 1.79. The van der Waals surface area contributed by atoms with Crippen molar-refractivity contribution in [2.75, 3.05) is 0 Å². The topological polar surface area (TPSA) is 49.9 Å². The molecule has 1 N–H and O–H groups in total. The highest BCUT2D eigenvalue weighted by atomic mass is 32.1. The first-order valence-electron chi connectivity index (χ1n) is 9.18. The number of halogens is 3. The third-order valence-corrected chi connectivity index (χ3v) is 5.62. The Bertz CT molecular complexity index is 1260. The second-order valence-corrected chi connectivity index (χ2v) is 7.97. The van der Waals surface area contributed by atoms with Gasteiger partial charge in [0.25, 0.3) is 0 Å². The number of aromatic amines is 1. The molecule has 0 aliphatic rings. The summed E-state index contributed by atoms with van der Waals surface area (Å²) in [4.78, 5) is 28.5. The van der Waals surface area contributed by atoms with Crippen LogP contribution in [0.25, 0.3) is 22.0 Å². The fraction of sp³-hybridized carbons (Fsp3) is 0.130. The molecule has 2 aromatic carbocycles. The predicted octanol–water partition coefficient (Wildman–Crippen LogP) is 5.63. The Kier molecular flexibility index (Phi) is 5.30. The number of H-pyrrole nitrogens is 1. The number of hydrogen-bond acceptors (Lipinski definition) is 3. The number of carbonyl (C=O) groups excluding carboxylic acids is 1. The molecule has 0 fully saturated rings. The van der Waals surface area contributed by atoms with Gasteiger partial charge in [-0.25, -0.2) is 0 Å². The van der Waals surface area contributed by atoms with E-state index >= 15 is 0 Å². The number of carbonyl (C=O) groups is 1. The van der Waals surface area contributed by atoms with E-state index in [1.807, 2.05) is 17.5 Å². The van der Waals surface area contributed by atoms with E-state index in [0.29, 0.717) is 11.1 Å². The first-order chi connectivity index (χ1) is 14.3. The summed E-state index contributed by atoms with van der Waals surface area (Å²) in [6.45, 7) is 0. The number of thiophene rings is 1. The smallest absolute Gasteiger partial charge is 0.357 e. The summed E-state index contributed by atoms with van der Waals surface area (Å²) >= 11 is 1.43. The van der Waals surface area contributed by atoms with Crippen molar-refractivity contribution in [1.29, 1.82) is 0 Å². The van der Waals surface area contributed by atoms with Crippen molar-refractivity contribution in [3.63, 3.8) is 0 Å². The van der Waals surface area contributed by atoms with E-state index in [1.165, 1.54) is 23.5 Å². The molecule has 0 spiro atoms. The lowest BCUT2D eigenvalue weighted by Crippen LogP contribution is -2.15. The Labute approximate surface area is 173 Å². The number of ketones is 1. The van der Waals surface area contributed by atoms with Gasteiger partial charge in [0, 0.05) is 34.9 Å². The minimum absolute atomic E-state index is 0.0573. The molecule has 2 aromatic heterocycles. The second kappa shape index (κ2) is 7.91. The van der Waals surface area contributed by atoms with Gasteiger partial charge >= 0.3 is 6.18 Å². The number of nitrogens with one attached hydrogen (secondary N) is 1. The first kappa shape index (κ1) is 20.1. The number of rotatable bonds is 5. The standard InChI is InChI=1S/C23H16F3NO2S/c24-23(25,26)20-10-15(14-5-2-1-3-6-14)9-19-21(29)12-16(27-22(19)20)11-17(28)13-18-7-4-8-30-18/h1-10,12H,11,13H2,(H,27,29). The van der Waals surface area contributed by atoms with Crippen LogP contribution in [0.3, 0.4) is 0 Å². The van der Waals surface area contributed by atoms with E-state index in [0.717, 1.165) is 10.9 Å². The highest BCUT2D eigenvalue weighted by Gasteiger charge is 2.34. The van der Waals surface area contributed by atoms with Crippen LogP contribution in [0.2, 0.25) is 0 Å². The monoisotopic (exact) mass is 427 g/mol. The van der Waals surface area contributed by atoms with Crippen LogP contribution in [0.15, 0.2) is 70.8 Å². The first-order valence-corrected chi connectivity index (χ1v) is 10.1. The maximum Gasteiger partial charge on any atom is 0.418 e. The summed E-state index contributed by atoms with van der Waals surface area (Å²) in [7, 11) is 0. The Hall–Kier alpha value is -3.19. The van der Waals surface area contributed by atoms with Crippen LogP contribution in [0, 0.1) is 0 Å². The number of pyridine rings is 1. The zero-order chi connectivity index (χ0) is 21.3. The fourth-order valence-electron chi connectivity index (χ4n) is 3.40. The number of aromatic nitrogens is 1. The highest BCUT2D eigenvalue weighted by Crippen LogP contribution is 2.36. The Balaban J connectivity index is 1.79. The van der Waals surface area contributed by atoms with Gasteiger partial charge in [-0.2, -0.15) is 13.2 Å². The lowest BCUT2D eigenvalue weighted by Gasteiger charge is -2.14. The number of benzene rings is 2. The molecule has 7 heteroatoms. The average Bonchev–Trinajstić information content (AvgIpc) is 3.20. The van der Waals surface area contributed by atoms with Crippen LogP contribution in [0.4, 0.5) is 13.2 Å². The molecule has 4 aromatic rings. The maximum atomic E-state index is 13.8. The van der Waals surface area contributed by atoms with Gasteiger partial charge in [-0.05, 0) is 34.7 Å². The molecule has 3 nitrogen and oxygen atoms in total. The number of alkyl halides is 3. The molecule has 0 bridgehead atoms. The zero-order valence-electron chi connectivity index (χ0n) is 15.6. The molecule has 0 saturated heterocycles. The Morgan fingerprint density at radius 3 is 2.37 bits per heavy atom. The number of hydrogen-bond donors (Lipinski definition) is 1. The van der Waals surface area contributed by atoms with Crippen molar-refractivity contribution in [3.8, 4) is 11.1 Å². The van der Waals surface area contributed by atoms with Crippen molar-refractivity contribution in [2.45, 2.75) is 19.0 Å². The molecule has 4 rings (SSSR count). The third-order valence-electron chi connectivity index (χ3n) is 4.75. The van der Waals surface area contributed by atoms with Gasteiger partial charge in [0.1, 0.15) is 5.78 Å². The molecular formula is C23H16F3NO2S. The normalized spacial score (nSPS) is 11.7. The van der Waals surface area contributed by atoms with Crippen LogP contribution in [-0.2, 0) is 23.8 Å². The summed E-state index contributed by atoms with van der Waals surface area (Å²) < 4.78 is 41.4. The van der Waals surface area contributed by atoms with Crippen molar-refractivity contribution >= 4 is 28.0 Å². The molecule has 0 aliphatic carbocycles. The van der Waals surface area contributed by atoms with E-state index < -0.39 is 17.2 Å². The highest BCUT2D eigenvalue weighted by molar-refractivity contribution is 7.10. The molecule has 0 saturated carbocycles. The summed E-state index contributed by atoms with van der Waals surface area (Å²) in [5.74, 6) is -0.179. The van der Waals surface area contributed by atoms with Gasteiger partial charge in [0.05, 0.1) is 11.1 Å². The van der Waals surface area contributed by atoms with E-state index in [4.69, 9.17) is 0 Å². The van der Waals surface area contributed by atoms with Crippen LogP contribution < -0.4 is 5.43 Å². The Morgan fingerprint density at radius 1 is 0.933 bits per heavy atom. The van der Waals surface area contributed by atoms with Gasteiger partial charge in [-0.15, -0.1) is 11.3 Å². The molecular weight excluding hydrogens is 411 g/mol. The molecule has 0 aliphatic heterocycles.